The number of fused-ring (bicyclic) bond motifs is 10. The Balaban J connectivity index is 0.000000109. The lowest BCUT2D eigenvalue weighted by atomic mass is 9.73. The highest BCUT2D eigenvalue weighted by Crippen LogP contribution is 2.61. The van der Waals surface area contributed by atoms with Crippen molar-refractivity contribution >= 4 is 85.3 Å². The van der Waals surface area contributed by atoms with Gasteiger partial charge in [0.2, 0.25) is 0 Å². The van der Waals surface area contributed by atoms with Crippen LogP contribution < -0.4 is 24.5 Å². The van der Waals surface area contributed by atoms with E-state index in [4.69, 9.17) is 5.26 Å². The molecule has 0 bridgehead atoms. The summed E-state index contributed by atoms with van der Waals surface area (Å²) in [6.45, 7) is 22.9. The maximum absolute atomic E-state index is 9.67. The van der Waals surface area contributed by atoms with Crippen molar-refractivity contribution in [3.63, 3.8) is 0 Å². The van der Waals surface area contributed by atoms with Crippen LogP contribution in [0, 0.1) is 56.7 Å². The number of nitrogens with zero attached hydrogens (tertiary/aromatic N) is 15. The van der Waals surface area contributed by atoms with E-state index in [1.54, 1.807) is 55.5 Å². The highest BCUT2D eigenvalue weighted by atomic mass is 15.2. The molecule has 5 aliphatic rings. The minimum atomic E-state index is -0.106. The van der Waals surface area contributed by atoms with Crippen LogP contribution in [-0.4, -0.2) is 24.9 Å². The van der Waals surface area contributed by atoms with E-state index >= 15 is 0 Å². The fourth-order valence-electron chi connectivity index (χ4n) is 22.5. The van der Waals surface area contributed by atoms with Crippen LogP contribution in [0.2, 0.25) is 0 Å². The highest BCUT2D eigenvalue weighted by molar-refractivity contribution is 6.00. The number of nitriles is 5. The van der Waals surface area contributed by atoms with Crippen molar-refractivity contribution in [1.82, 2.24) is 24.9 Å². The Bertz CT molecular complexity index is 8180. The van der Waals surface area contributed by atoms with Crippen molar-refractivity contribution in [2.45, 2.75) is 96.3 Å². The molecular formula is C135H105N15. The lowest BCUT2D eigenvalue weighted by molar-refractivity contribution is 0.632. The second-order valence-electron chi connectivity index (χ2n) is 40.3. The molecular weight excluding hydrogens is 1830 g/mol. The largest absolute Gasteiger partial charge is 0.309 e. The van der Waals surface area contributed by atoms with E-state index in [2.05, 4.69) is 477 Å². The van der Waals surface area contributed by atoms with Gasteiger partial charge in [0.05, 0.1) is 108 Å². The molecule has 0 amide bonds. The highest BCUT2D eigenvalue weighted by Gasteiger charge is 2.44. The quantitative estimate of drug-likeness (QED) is 0.125. The molecule has 150 heavy (non-hydrogen) atoms. The SMILES string of the molecule is CC1(C)c2ccccc2N(c2ccccc2-c2ccc(C#N)nc2)c2ccccc21.CC1(C)c2ccccc2N(c2ccccc2-c2ccnc(C#N)c2)c2ccccc21.CC1(C)c2ccccc2N(c2ccccc2-c2ccncc2C#N)c2ccccc21.CC1(C)c2ccccc2N(c2ccccc2-c2cncc(C#N)c2)c2ccccc21.CC1(C)c2ccccc2N(c2ccccc2-c2cnccc2C#N)c2ccccc21. The Morgan fingerprint density at radius 1 is 0.180 bits per heavy atom. The lowest BCUT2D eigenvalue weighted by Gasteiger charge is -2.42. The van der Waals surface area contributed by atoms with E-state index in [1.807, 2.05) is 72.9 Å². The van der Waals surface area contributed by atoms with Crippen LogP contribution in [0.4, 0.5) is 85.3 Å². The molecule has 0 unspecified atom stereocenters. The lowest BCUT2D eigenvalue weighted by Crippen LogP contribution is -2.30. The molecule has 0 N–H and O–H groups in total. The van der Waals surface area contributed by atoms with Crippen molar-refractivity contribution < 1.29 is 0 Å². The van der Waals surface area contributed by atoms with Crippen molar-refractivity contribution in [3.8, 4) is 86.0 Å². The predicted molar refractivity (Wildman–Crippen MR) is 606 cm³/mol. The number of pyridine rings is 5. The van der Waals surface area contributed by atoms with Crippen molar-refractivity contribution in [3.05, 3.63) is 540 Å². The Morgan fingerprint density at radius 2 is 0.460 bits per heavy atom. The molecule has 20 aromatic rings. The molecule has 25 rings (SSSR count). The van der Waals surface area contributed by atoms with Gasteiger partial charge in [-0.25, -0.2) is 9.97 Å². The summed E-state index contributed by atoms with van der Waals surface area (Å²) < 4.78 is 0. The van der Waals surface area contributed by atoms with Gasteiger partial charge in [-0.05, 0) is 195 Å². The Kier molecular flexibility index (Phi) is 25.9. The predicted octanol–water partition coefficient (Wildman–Crippen LogP) is 33.6. The first-order valence-electron chi connectivity index (χ1n) is 50.3. The van der Waals surface area contributed by atoms with Gasteiger partial charge in [0.15, 0.2) is 0 Å². The summed E-state index contributed by atoms with van der Waals surface area (Å²) in [5.41, 5.74) is 42.0. The van der Waals surface area contributed by atoms with Gasteiger partial charge >= 0.3 is 0 Å². The summed E-state index contributed by atoms with van der Waals surface area (Å²) in [5, 5.41) is 47.1. The fraction of sp³-hybridized carbons (Fsp3) is 0.111. The molecule has 0 fully saturated rings. The van der Waals surface area contributed by atoms with E-state index in [0.717, 1.165) is 95.4 Å². The molecule has 15 nitrogen and oxygen atoms in total. The van der Waals surface area contributed by atoms with Crippen molar-refractivity contribution in [2.75, 3.05) is 24.5 Å². The number of anilines is 15. The Labute approximate surface area is 877 Å². The number of aromatic nitrogens is 5. The van der Waals surface area contributed by atoms with Crippen LogP contribution in [0.3, 0.4) is 0 Å². The second-order valence-corrected chi connectivity index (χ2v) is 40.3. The standard InChI is InChI=1S/5C27H21N3/c1-27(2)22-10-4-7-13-25(22)30(26-14-8-5-11-23(26)27)24-12-6-3-9-21(24)20-15-19(16-28)17-29-18-20;1-27(2)22-10-4-7-13-25(22)30(26-14-8-5-11-23(26)27)24-12-6-3-9-21(24)20-15-16-29-18-19(20)17-28;1-27(2)22-10-4-7-13-25(22)30(26-14-8-5-11-23(26)27)24-12-6-3-9-21(24)19-15-16-20(17-28)29-18-19;1-27(2)22-10-4-7-13-25(22)30(26-14-8-5-11-23(26)27)24-12-6-3-9-21(24)19-15-16-29-20(17-19)18-28;1-27(2)22-10-4-7-13-25(22)30(26-14-8-5-11-23(26)27)24-12-6-3-9-20(24)21-18-29-16-15-19(21)17-28/h3-15,17-18H,1-2H3;2*3-16,18H,1-2H3;3-17H,1-2H3;3-16,18H,1-2H3. The van der Waals surface area contributed by atoms with Gasteiger partial charge in [-0.2, -0.15) is 26.3 Å². The summed E-state index contributed by atoms with van der Waals surface area (Å²) in [6, 6.07) is 152. The number of rotatable bonds is 10. The van der Waals surface area contributed by atoms with Gasteiger partial charge in [0, 0.05) is 127 Å². The normalized spacial score (nSPS) is 13.8. The molecule has 0 atom stereocenters. The van der Waals surface area contributed by atoms with E-state index in [9.17, 15) is 21.0 Å². The summed E-state index contributed by atoms with van der Waals surface area (Å²) in [6.07, 6.45) is 13.7. The zero-order valence-electron chi connectivity index (χ0n) is 85.0. The molecule has 5 aromatic heterocycles. The number of hydrogen-bond acceptors (Lipinski definition) is 15. The van der Waals surface area contributed by atoms with Crippen LogP contribution in [-0.2, 0) is 27.1 Å². The van der Waals surface area contributed by atoms with Gasteiger partial charge in [-0.1, -0.05) is 342 Å². The first-order valence-corrected chi connectivity index (χ1v) is 50.3. The topological polar surface area (TPSA) is 200 Å². The third-order valence-electron chi connectivity index (χ3n) is 29.9. The van der Waals surface area contributed by atoms with E-state index < -0.39 is 0 Å². The van der Waals surface area contributed by atoms with Crippen LogP contribution in [0.1, 0.15) is 153 Å². The van der Waals surface area contributed by atoms with Crippen molar-refractivity contribution in [2.24, 2.45) is 0 Å². The molecule has 15 aromatic carbocycles. The number of benzene rings is 15. The van der Waals surface area contributed by atoms with Crippen LogP contribution in [0.5, 0.6) is 0 Å². The minimum absolute atomic E-state index is 0.0887. The summed E-state index contributed by atoms with van der Waals surface area (Å²) in [5.74, 6) is 0. The zero-order valence-corrected chi connectivity index (χ0v) is 85.0. The molecule has 0 radical (unpaired) electrons. The molecule has 0 saturated heterocycles. The first-order chi connectivity index (χ1) is 73.1. The Morgan fingerprint density at radius 3 is 0.773 bits per heavy atom. The average molecular weight is 1940 g/mol. The van der Waals surface area contributed by atoms with E-state index in [-0.39, 0.29) is 27.1 Å². The third-order valence-corrected chi connectivity index (χ3v) is 29.9. The summed E-state index contributed by atoms with van der Waals surface area (Å²) in [4.78, 5) is 32.8. The maximum atomic E-state index is 9.67. The van der Waals surface area contributed by atoms with Gasteiger partial charge in [0.1, 0.15) is 35.7 Å². The summed E-state index contributed by atoms with van der Waals surface area (Å²) in [7, 11) is 0. The number of hydrogen-bond donors (Lipinski definition) is 0. The van der Waals surface area contributed by atoms with Gasteiger partial charge in [0.25, 0.3) is 0 Å². The van der Waals surface area contributed by atoms with Gasteiger partial charge < -0.3 is 24.5 Å². The smallest absolute Gasteiger partial charge is 0.141 e. The molecule has 0 saturated carbocycles. The van der Waals surface area contributed by atoms with Crippen LogP contribution >= 0.6 is 0 Å². The maximum Gasteiger partial charge on any atom is 0.141 e. The van der Waals surface area contributed by atoms with Crippen LogP contribution in [0.25, 0.3) is 55.6 Å². The molecule has 5 aliphatic heterocycles. The Hall–Kier alpha value is -19.5. The van der Waals surface area contributed by atoms with Crippen LogP contribution in [0.15, 0.2) is 456 Å². The average Bonchev–Trinajstić information content (AvgIpc) is 0.735. The molecule has 0 aliphatic carbocycles. The first kappa shape index (κ1) is 96.6. The third kappa shape index (κ3) is 17.3. The molecule has 15 heteroatoms. The summed E-state index contributed by atoms with van der Waals surface area (Å²) >= 11 is 0. The number of para-hydroxylation sites is 15. The minimum Gasteiger partial charge on any atom is -0.309 e. The van der Waals surface area contributed by atoms with Gasteiger partial charge in [-0.15, -0.1) is 0 Å². The molecule has 10 heterocycles. The fourth-order valence-corrected chi connectivity index (χ4v) is 22.5. The molecule has 0 spiro atoms. The monoisotopic (exact) mass is 1940 g/mol. The van der Waals surface area contributed by atoms with E-state index in [0.29, 0.717) is 28.1 Å². The van der Waals surface area contributed by atoms with Gasteiger partial charge in [-0.3, -0.25) is 15.0 Å². The van der Waals surface area contributed by atoms with Crippen molar-refractivity contribution in [1.29, 1.82) is 26.3 Å². The van der Waals surface area contributed by atoms with E-state index in [1.165, 1.54) is 101 Å². The zero-order chi connectivity index (χ0) is 104. The second kappa shape index (κ2) is 40.2. The molecule has 720 valence electrons.